The molecule has 132 valence electrons. The molecule has 0 aliphatic carbocycles. The predicted octanol–water partition coefficient (Wildman–Crippen LogP) is 3.96. The van der Waals surface area contributed by atoms with Crippen LogP contribution in [-0.4, -0.2) is 42.1 Å². The summed E-state index contributed by atoms with van der Waals surface area (Å²) in [5, 5.41) is 4.68. The molecular formula is C20H18ClN3O2. The van der Waals surface area contributed by atoms with Crippen LogP contribution in [0.15, 0.2) is 65.2 Å². The Morgan fingerprint density at radius 3 is 2.35 bits per heavy atom. The second-order valence-corrected chi connectivity index (χ2v) is 6.63. The highest BCUT2D eigenvalue weighted by molar-refractivity contribution is 6.30. The number of aromatic nitrogens is 1. The maximum absolute atomic E-state index is 12.7. The van der Waals surface area contributed by atoms with Crippen molar-refractivity contribution in [1.82, 2.24) is 10.1 Å². The van der Waals surface area contributed by atoms with Gasteiger partial charge in [0.2, 0.25) is 0 Å². The molecule has 6 heteroatoms. The van der Waals surface area contributed by atoms with Crippen LogP contribution in [0.2, 0.25) is 5.02 Å². The fraction of sp³-hybridized carbons (Fsp3) is 0.200. The number of hydrogen-bond donors (Lipinski definition) is 0. The third-order valence-electron chi connectivity index (χ3n) is 4.55. The maximum atomic E-state index is 12.7. The van der Waals surface area contributed by atoms with Gasteiger partial charge in [-0.3, -0.25) is 4.79 Å². The molecule has 4 rings (SSSR count). The number of benzene rings is 2. The molecular weight excluding hydrogens is 350 g/mol. The standard InChI is InChI=1S/C20H18ClN3O2/c21-16-6-8-17(9-7-16)23-10-12-24(13-11-23)20(25)18-14-19(26-22-18)15-4-2-1-3-5-15/h1-9,14H,10-13H2. The van der Waals surface area contributed by atoms with Gasteiger partial charge in [0.05, 0.1) is 0 Å². The van der Waals surface area contributed by atoms with Gasteiger partial charge in [0.25, 0.3) is 5.91 Å². The van der Waals surface area contributed by atoms with E-state index < -0.39 is 0 Å². The minimum atomic E-state index is -0.0910. The minimum Gasteiger partial charge on any atom is -0.368 e. The van der Waals surface area contributed by atoms with Crippen molar-refractivity contribution < 1.29 is 9.32 Å². The van der Waals surface area contributed by atoms with Crippen LogP contribution in [0, 0.1) is 0 Å². The van der Waals surface area contributed by atoms with Crippen molar-refractivity contribution in [3.63, 3.8) is 0 Å². The molecule has 0 spiro atoms. The van der Waals surface area contributed by atoms with Gasteiger partial charge >= 0.3 is 0 Å². The number of piperazine rings is 1. The number of rotatable bonds is 3. The highest BCUT2D eigenvalue weighted by atomic mass is 35.5. The number of carbonyl (C=O) groups is 1. The third-order valence-corrected chi connectivity index (χ3v) is 4.80. The summed E-state index contributed by atoms with van der Waals surface area (Å²) in [7, 11) is 0. The van der Waals surface area contributed by atoms with Gasteiger partial charge in [0, 0.05) is 48.5 Å². The Kier molecular flexibility index (Phi) is 4.63. The molecule has 1 saturated heterocycles. The maximum Gasteiger partial charge on any atom is 0.276 e. The Balaban J connectivity index is 1.41. The van der Waals surface area contributed by atoms with Crippen molar-refractivity contribution in [2.24, 2.45) is 0 Å². The molecule has 0 unspecified atom stereocenters. The lowest BCUT2D eigenvalue weighted by molar-refractivity contribution is 0.0736. The van der Waals surface area contributed by atoms with Crippen molar-refractivity contribution in [3.8, 4) is 11.3 Å². The zero-order valence-corrected chi connectivity index (χ0v) is 14.9. The second-order valence-electron chi connectivity index (χ2n) is 6.20. The van der Waals surface area contributed by atoms with Crippen LogP contribution < -0.4 is 4.90 Å². The van der Waals surface area contributed by atoms with E-state index in [1.165, 1.54) is 0 Å². The third kappa shape index (κ3) is 3.44. The summed E-state index contributed by atoms with van der Waals surface area (Å²) in [6.45, 7) is 2.84. The van der Waals surface area contributed by atoms with Gasteiger partial charge in [-0.2, -0.15) is 0 Å². The molecule has 0 radical (unpaired) electrons. The highest BCUT2D eigenvalue weighted by Crippen LogP contribution is 2.22. The largest absolute Gasteiger partial charge is 0.368 e. The van der Waals surface area contributed by atoms with Gasteiger partial charge in [-0.15, -0.1) is 0 Å². The molecule has 1 aliphatic rings. The van der Waals surface area contributed by atoms with Crippen LogP contribution >= 0.6 is 11.6 Å². The highest BCUT2D eigenvalue weighted by Gasteiger charge is 2.25. The molecule has 5 nitrogen and oxygen atoms in total. The first-order valence-electron chi connectivity index (χ1n) is 8.52. The van der Waals surface area contributed by atoms with E-state index in [9.17, 15) is 4.79 Å². The number of amides is 1. The predicted molar refractivity (Wildman–Crippen MR) is 102 cm³/mol. The number of anilines is 1. The van der Waals surface area contributed by atoms with E-state index in [0.717, 1.165) is 29.4 Å². The van der Waals surface area contributed by atoms with E-state index in [1.807, 2.05) is 59.5 Å². The number of carbonyl (C=O) groups excluding carboxylic acids is 1. The molecule has 2 aromatic carbocycles. The topological polar surface area (TPSA) is 49.6 Å². The van der Waals surface area contributed by atoms with Gasteiger partial charge in [-0.1, -0.05) is 47.1 Å². The summed E-state index contributed by atoms with van der Waals surface area (Å²) in [5.41, 5.74) is 2.38. The van der Waals surface area contributed by atoms with Crippen molar-refractivity contribution in [2.75, 3.05) is 31.1 Å². The Morgan fingerprint density at radius 1 is 0.962 bits per heavy atom. The molecule has 0 saturated carbocycles. The summed E-state index contributed by atoms with van der Waals surface area (Å²) in [6.07, 6.45) is 0. The van der Waals surface area contributed by atoms with E-state index in [4.69, 9.17) is 16.1 Å². The smallest absolute Gasteiger partial charge is 0.276 e. The first kappa shape index (κ1) is 16.7. The van der Waals surface area contributed by atoms with Crippen LogP contribution in [0.1, 0.15) is 10.5 Å². The number of hydrogen-bond acceptors (Lipinski definition) is 4. The van der Waals surface area contributed by atoms with Crippen LogP contribution in [0.4, 0.5) is 5.69 Å². The van der Waals surface area contributed by atoms with E-state index in [2.05, 4.69) is 10.1 Å². The van der Waals surface area contributed by atoms with Gasteiger partial charge in [0.15, 0.2) is 11.5 Å². The average Bonchev–Trinajstić information content (AvgIpc) is 3.19. The Bertz CT molecular complexity index is 885. The van der Waals surface area contributed by atoms with Gasteiger partial charge in [0.1, 0.15) is 0 Å². The van der Waals surface area contributed by atoms with Crippen molar-refractivity contribution in [1.29, 1.82) is 0 Å². The van der Waals surface area contributed by atoms with Crippen molar-refractivity contribution in [3.05, 3.63) is 71.4 Å². The Hall–Kier alpha value is -2.79. The monoisotopic (exact) mass is 367 g/mol. The first-order chi connectivity index (χ1) is 12.7. The summed E-state index contributed by atoms with van der Waals surface area (Å²) < 4.78 is 5.34. The average molecular weight is 368 g/mol. The summed E-state index contributed by atoms with van der Waals surface area (Å²) in [5.74, 6) is 0.514. The van der Waals surface area contributed by atoms with Gasteiger partial charge in [-0.05, 0) is 24.3 Å². The summed E-state index contributed by atoms with van der Waals surface area (Å²) >= 11 is 5.94. The van der Waals surface area contributed by atoms with Crippen molar-refractivity contribution >= 4 is 23.2 Å². The number of halogens is 1. The molecule has 2 heterocycles. The van der Waals surface area contributed by atoms with E-state index in [0.29, 0.717) is 24.5 Å². The first-order valence-corrected chi connectivity index (χ1v) is 8.90. The second kappa shape index (κ2) is 7.22. The van der Waals surface area contributed by atoms with Gasteiger partial charge < -0.3 is 14.3 Å². The molecule has 1 aromatic heterocycles. The van der Waals surface area contributed by atoms with Crippen LogP contribution in [0.5, 0.6) is 0 Å². The van der Waals surface area contributed by atoms with Crippen molar-refractivity contribution in [2.45, 2.75) is 0 Å². The fourth-order valence-electron chi connectivity index (χ4n) is 3.10. The zero-order chi connectivity index (χ0) is 17.9. The fourth-order valence-corrected chi connectivity index (χ4v) is 3.22. The molecule has 0 bridgehead atoms. The molecule has 0 N–H and O–H groups in total. The Labute approximate surface area is 156 Å². The normalized spacial score (nSPS) is 14.5. The minimum absolute atomic E-state index is 0.0910. The Morgan fingerprint density at radius 2 is 1.65 bits per heavy atom. The zero-order valence-electron chi connectivity index (χ0n) is 14.1. The molecule has 3 aromatic rings. The molecule has 1 fully saturated rings. The van der Waals surface area contributed by atoms with E-state index in [1.54, 1.807) is 6.07 Å². The lowest BCUT2D eigenvalue weighted by Crippen LogP contribution is -2.48. The molecule has 26 heavy (non-hydrogen) atoms. The van der Waals surface area contributed by atoms with Crippen LogP contribution in [0.25, 0.3) is 11.3 Å². The van der Waals surface area contributed by atoms with Crippen LogP contribution in [0.3, 0.4) is 0 Å². The SMILES string of the molecule is O=C(c1cc(-c2ccccc2)on1)N1CCN(c2ccc(Cl)cc2)CC1. The van der Waals surface area contributed by atoms with E-state index in [-0.39, 0.29) is 5.91 Å². The lowest BCUT2D eigenvalue weighted by atomic mass is 10.1. The summed E-state index contributed by atoms with van der Waals surface area (Å²) in [4.78, 5) is 16.8. The molecule has 0 atom stereocenters. The van der Waals surface area contributed by atoms with Gasteiger partial charge in [-0.25, -0.2) is 0 Å². The molecule has 1 aliphatic heterocycles. The van der Waals surface area contributed by atoms with E-state index >= 15 is 0 Å². The molecule has 1 amide bonds. The quantitative estimate of drug-likeness (QED) is 0.703. The summed E-state index contributed by atoms with van der Waals surface area (Å²) in [6, 6.07) is 19.1. The van der Waals surface area contributed by atoms with Crippen LogP contribution in [-0.2, 0) is 0 Å². The lowest BCUT2D eigenvalue weighted by Gasteiger charge is -2.35. The number of nitrogens with zero attached hydrogens (tertiary/aromatic N) is 3.